The van der Waals surface area contributed by atoms with Crippen molar-refractivity contribution in [2.75, 3.05) is 0 Å². The fourth-order valence-corrected chi connectivity index (χ4v) is 5.73. The highest BCUT2D eigenvalue weighted by molar-refractivity contribution is 7.12. The van der Waals surface area contributed by atoms with Crippen LogP contribution in [0.1, 0.15) is 49.2 Å². The molecule has 187 valence electrons. The van der Waals surface area contributed by atoms with E-state index in [9.17, 15) is 5.11 Å². The van der Waals surface area contributed by atoms with E-state index in [2.05, 4.69) is 19.9 Å². The van der Waals surface area contributed by atoms with Gasteiger partial charge in [-0.1, -0.05) is 23.2 Å². The van der Waals surface area contributed by atoms with Gasteiger partial charge in [-0.2, -0.15) is 0 Å². The zero-order valence-electron chi connectivity index (χ0n) is 20.9. The number of fused-ring (bicyclic) bond motifs is 5. The largest absolute Gasteiger partial charge is 0.464 e. The number of aromatic nitrogens is 1. The Morgan fingerprint density at radius 1 is 1.11 bits per heavy atom. The molecule has 0 amide bonds. The Bertz CT molecular complexity index is 1490. The van der Waals surface area contributed by atoms with Gasteiger partial charge in [0.15, 0.2) is 0 Å². The van der Waals surface area contributed by atoms with E-state index in [0.29, 0.717) is 27.0 Å². The summed E-state index contributed by atoms with van der Waals surface area (Å²) in [5.41, 5.74) is 1.27. The molecule has 0 saturated carbocycles. The summed E-state index contributed by atoms with van der Waals surface area (Å²) in [5.74, 6) is -0.125. The summed E-state index contributed by atoms with van der Waals surface area (Å²) in [7, 11) is 1.45. The summed E-state index contributed by atoms with van der Waals surface area (Å²) in [5, 5.41) is 12.1. The second-order valence-electron chi connectivity index (χ2n) is 10.2. The van der Waals surface area contributed by atoms with E-state index < -0.39 is 23.2 Å². The van der Waals surface area contributed by atoms with Crippen molar-refractivity contribution in [3.8, 4) is 17.0 Å². The molecule has 2 aromatic carbocycles. The van der Waals surface area contributed by atoms with Crippen molar-refractivity contribution in [1.82, 2.24) is 4.57 Å². The Morgan fingerprint density at radius 2 is 1.83 bits per heavy atom. The Morgan fingerprint density at radius 3 is 2.47 bits per heavy atom. The molecule has 1 atom stereocenters. The molecule has 0 aliphatic carbocycles. The van der Waals surface area contributed by atoms with Crippen LogP contribution < -0.4 is 10.2 Å². The lowest BCUT2D eigenvalue weighted by Gasteiger charge is -2.37. The maximum absolute atomic E-state index is 15.7. The van der Waals surface area contributed by atoms with E-state index in [-0.39, 0.29) is 5.56 Å². The number of rotatable bonds is 5. The van der Waals surface area contributed by atoms with Crippen molar-refractivity contribution >= 4 is 58.4 Å². The second-order valence-corrected chi connectivity index (χ2v) is 12.3. The lowest BCUT2D eigenvalue weighted by molar-refractivity contribution is -0.0893. The number of thiophene rings is 1. The van der Waals surface area contributed by atoms with Crippen molar-refractivity contribution in [3.63, 3.8) is 0 Å². The molecule has 0 spiro atoms. The van der Waals surface area contributed by atoms with Gasteiger partial charge in [-0.25, -0.2) is 4.39 Å². The van der Waals surface area contributed by atoms with Gasteiger partial charge < -0.3 is 14.5 Å². The van der Waals surface area contributed by atoms with Gasteiger partial charge in [0.1, 0.15) is 11.6 Å². The average molecular weight is 545 g/mol. The third-order valence-electron chi connectivity index (χ3n) is 7.08. The summed E-state index contributed by atoms with van der Waals surface area (Å²) in [6.07, 6.45) is -0.538. The molecule has 5 rings (SSSR count). The third-order valence-corrected chi connectivity index (χ3v) is 8.88. The fourth-order valence-electron chi connectivity index (χ4n) is 4.16. The summed E-state index contributed by atoms with van der Waals surface area (Å²) in [6.45, 7) is 11.0. The Hall–Kier alpha value is -2.03. The summed E-state index contributed by atoms with van der Waals surface area (Å²) < 4.78 is 30.1. The van der Waals surface area contributed by atoms with Gasteiger partial charge in [0.05, 0.1) is 37.9 Å². The number of hydrogen-bond acceptors (Lipinski definition) is 4. The Kier molecular flexibility index (Phi) is 6.25. The van der Waals surface area contributed by atoms with Crippen molar-refractivity contribution in [1.29, 1.82) is 0 Å². The van der Waals surface area contributed by atoms with E-state index in [1.165, 1.54) is 18.4 Å². The molecule has 0 fully saturated rings. The van der Waals surface area contributed by atoms with Gasteiger partial charge in [0.25, 0.3) is 0 Å². The average Bonchev–Trinajstić information content (AvgIpc) is 3.27. The second kappa shape index (κ2) is 8.78. The molecule has 4 nitrogen and oxygen atoms in total. The van der Waals surface area contributed by atoms with Crippen molar-refractivity contribution in [2.24, 2.45) is 0 Å². The summed E-state index contributed by atoms with van der Waals surface area (Å²) >= 11 is 14.8. The molecule has 1 unspecified atom stereocenters. The van der Waals surface area contributed by atoms with E-state index in [4.69, 9.17) is 32.6 Å². The number of benzene rings is 2. The van der Waals surface area contributed by atoms with Crippen LogP contribution in [0.15, 0.2) is 36.4 Å². The number of aryl methyl sites for hydroxylation is 2. The van der Waals surface area contributed by atoms with E-state index in [1.807, 2.05) is 10.6 Å². The Labute approximate surface area is 224 Å². The minimum absolute atomic E-state index is 0.285. The van der Waals surface area contributed by atoms with Crippen LogP contribution >= 0.6 is 34.5 Å². The van der Waals surface area contributed by atoms with Gasteiger partial charge in [0, 0.05) is 15.3 Å². The van der Waals surface area contributed by atoms with Crippen LogP contribution in [-0.4, -0.2) is 28.4 Å². The Balaban J connectivity index is 1.68. The molecule has 1 N–H and O–H groups in total. The highest BCUT2D eigenvalue weighted by Gasteiger charge is 2.37. The van der Waals surface area contributed by atoms with Gasteiger partial charge in [-0.05, 0) is 89.0 Å². The van der Waals surface area contributed by atoms with Crippen molar-refractivity contribution in [2.45, 2.75) is 59.0 Å². The first kappa shape index (κ1) is 25.6. The predicted molar refractivity (Wildman–Crippen MR) is 147 cm³/mol. The molecule has 4 aromatic rings. The van der Waals surface area contributed by atoms with Crippen LogP contribution in [0.2, 0.25) is 10.0 Å². The molecular formula is C27H26BCl2FNO3S. The highest BCUT2D eigenvalue weighted by atomic mass is 35.5. The van der Waals surface area contributed by atoms with E-state index in [1.54, 1.807) is 57.2 Å². The number of halogens is 3. The molecule has 36 heavy (non-hydrogen) atoms. The lowest BCUT2D eigenvalue weighted by atomic mass is 9.82. The number of nitrogens with zero attached hydrogens (tertiary/aromatic N) is 1. The third kappa shape index (κ3) is 4.15. The van der Waals surface area contributed by atoms with Crippen LogP contribution in [-0.2, 0) is 4.65 Å². The van der Waals surface area contributed by atoms with E-state index in [0.717, 1.165) is 21.3 Å². The van der Waals surface area contributed by atoms with Gasteiger partial charge in [-0.3, -0.25) is 4.57 Å². The minimum Gasteiger partial charge on any atom is -0.464 e. The standard InChI is InChI=1S/C27H26BCl2FNO3S/c1-13-9-21(36-14(13)2)25-32-19-8-7-16(29)12-17(19)23(30)24(32)22-18(31)10-15(11-20(22)34-25)28-35-27(5,6)26(3,4)33/h7-12,25,33H,1-6H3. The van der Waals surface area contributed by atoms with Crippen LogP contribution in [0, 0.1) is 19.7 Å². The van der Waals surface area contributed by atoms with Gasteiger partial charge in [-0.15, -0.1) is 11.3 Å². The van der Waals surface area contributed by atoms with Gasteiger partial charge >= 0.3 is 7.48 Å². The highest BCUT2D eigenvalue weighted by Crippen LogP contribution is 2.50. The maximum atomic E-state index is 15.7. The fraction of sp³-hybridized carbons (Fsp3) is 0.333. The monoisotopic (exact) mass is 544 g/mol. The minimum atomic E-state index is -1.11. The van der Waals surface area contributed by atoms with Crippen molar-refractivity contribution < 1.29 is 18.9 Å². The molecule has 0 saturated heterocycles. The molecule has 1 aliphatic heterocycles. The smallest absolute Gasteiger partial charge is 0.331 e. The molecule has 3 heterocycles. The van der Waals surface area contributed by atoms with E-state index >= 15 is 4.39 Å². The van der Waals surface area contributed by atoms with Crippen LogP contribution in [0.4, 0.5) is 4.39 Å². The van der Waals surface area contributed by atoms with Crippen LogP contribution in [0.5, 0.6) is 5.75 Å². The van der Waals surface area contributed by atoms with Gasteiger partial charge in [0.2, 0.25) is 6.23 Å². The molecule has 9 heteroatoms. The first-order valence-electron chi connectivity index (χ1n) is 11.6. The maximum Gasteiger partial charge on any atom is 0.331 e. The molecule has 1 aliphatic rings. The number of aliphatic hydroxyl groups is 1. The lowest BCUT2D eigenvalue weighted by Crippen LogP contribution is -2.49. The van der Waals surface area contributed by atoms with Crippen LogP contribution in [0.3, 0.4) is 0 Å². The molecule has 1 radical (unpaired) electrons. The molecule has 2 aromatic heterocycles. The zero-order chi connectivity index (χ0) is 26.2. The number of hydrogen-bond donors (Lipinski definition) is 1. The quantitative estimate of drug-likeness (QED) is 0.270. The van der Waals surface area contributed by atoms with Crippen LogP contribution in [0.25, 0.3) is 22.2 Å². The number of ether oxygens (including phenoxy) is 1. The summed E-state index contributed by atoms with van der Waals surface area (Å²) in [6, 6.07) is 10.7. The summed E-state index contributed by atoms with van der Waals surface area (Å²) in [4.78, 5) is 2.16. The SMILES string of the molecule is Cc1cc(C2Oc3cc([B]OC(C)(C)C(C)(C)O)cc(F)c3-c3c(Cl)c4cc(Cl)ccc4n32)sc1C. The van der Waals surface area contributed by atoms with Crippen molar-refractivity contribution in [3.05, 3.63) is 67.6 Å². The predicted octanol–water partition coefficient (Wildman–Crippen LogP) is 7.18. The topological polar surface area (TPSA) is 43.6 Å². The molecule has 0 bridgehead atoms. The normalized spacial score (nSPS) is 15.6. The first-order chi connectivity index (χ1) is 16.8. The zero-order valence-corrected chi connectivity index (χ0v) is 23.2. The molecular weight excluding hydrogens is 519 g/mol. The first-order valence-corrected chi connectivity index (χ1v) is 13.2.